The van der Waals surface area contributed by atoms with Gasteiger partial charge in [0.2, 0.25) is 0 Å². The number of pyridine rings is 1. The number of hydrogen-bond acceptors (Lipinski definition) is 2. The Hall–Kier alpha value is -1.26. The van der Waals surface area contributed by atoms with Gasteiger partial charge < -0.3 is 5.32 Å². The molecule has 0 radical (unpaired) electrons. The minimum absolute atomic E-state index is 0.141. The van der Waals surface area contributed by atoms with Crippen molar-refractivity contribution in [2.45, 2.75) is 32.7 Å². The van der Waals surface area contributed by atoms with Crippen LogP contribution in [0.4, 0.5) is 4.39 Å². The lowest BCUT2D eigenvalue weighted by Crippen LogP contribution is -2.25. The molecule has 0 spiro atoms. The molecule has 0 amide bonds. The summed E-state index contributed by atoms with van der Waals surface area (Å²) in [5.41, 5.74) is 3.14. The maximum atomic E-state index is 13.2. The molecule has 0 aliphatic heterocycles. The Labute approximate surface area is 133 Å². The van der Waals surface area contributed by atoms with E-state index in [1.165, 1.54) is 6.07 Å². The molecule has 0 aliphatic rings. The highest BCUT2D eigenvalue weighted by Crippen LogP contribution is 2.21. The molecule has 112 valence electrons. The van der Waals surface area contributed by atoms with Crippen molar-refractivity contribution >= 4 is 15.9 Å². The van der Waals surface area contributed by atoms with Crippen molar-refractivity contribution in [1.29, 1.82) is 0 Å². The summed E-state index contributed by atoms with van der Waals surface area (Å²) in [7, 11) is 0. The molecule has 1 heterocycles. The molecule has 0 aliphatic carbocycles. The summed E-state index contributed by atoms with van der Waals surface area (Å²) in [6.45, 7) is 5.02. The van der Waals surface area contributed by atoms with Gasteiger partial charge in [-0.2, -0.15) is 0 Å². The van der Waals surface area contributed by atoms with Gasteiger partial charge in [-0.05, 0) is 77.6 Å². The third-order valence-electron chi connectivity index (χ3n) is 3.48. The van der Waals surface area contributed by atoms with E-state index in [9.17, 15) is 4.39 Å². The summed E-state index contributed by atoms with van der Waals surface area (Å²) in [5.74, 6) is -0.184. The highest BCUT2D eigenvalue weighted by molar-refractivity contribution is 9.10. The normalized spacial score (nSPS) is 12.4. The molecule has 4 heteroatoms. The fourth-order valence-electron chi connectivity index (χ4n) is 2.30. The first-order valence-electron chi connectivity index (χ1n) is 7.20. The quantitative estimate of drug-likeness (QED) is 0.824. The lowest BCUT2D eigenvalue weighted by molar-refractivity contribution is 0.516. The van der Waals surface area contributed by atoms with Gasteiger partial charge in [-0.15, -0.1) is 0 Å². The van der Waals surface area contributed by atoms with Crippen LogP contribution in [-0.4, -0.2) is 11.5 Å². The first-order chi connectivity index (χ1) is 10.1. The van der Waals surface area contributed by atoms with Crippen molar-refractivity contribution in [3.05, 3.63) is 63.6 Å². The molecule has 2 rings (SSSR count). The molecular formula is C17H20BrFN2. The predicted octanol–water partition coefficient (Wildman–Crippen LogP) is 4.58. The zero-order chi connectivity index (χ0) is 15.2. The van der Waals surface area contributed by atoms with Crippen molar-refractivity contribution in [3.8, 4) is 0 Å². The van der Waals surface area contributed by atoms with Gasteiger partial charge in [-0.25, -0.2) is 4.39 Å². The second kappa shape index (κ2) is 7.66. The number of nitrogens with one attached hydrogen (secondary N) is 1. The summed E-state index contributed by atoms with van der Waals surface area (Å²) in [4.78, 5) is 4.49. The second-order valence-electron chi connectivity index (χ2n) is 5.18. The summed E-state index contributed by atoms with van der Waals surface area (Å²) >= 11 is 3.41. The minimum atomic E-state index is -0.184. The molecule has 0 saturated heterocycles. The van der Waals surface area contributed by atoms with Crippen LogP contribution in [0.3, 0.4) is 0 Å². The highest BCUT2D eigenvalue weighted by atomic mass is 79.9. The summed E-state index contributed by atoms with van der Waals surface area (Å²) in [6, 6.07) is 9.14. The van der Waals surface area contributed by atoms with Crippen molar-refractivity contribution in [2.75, 3.05) is 6.54 Å². The van der Waals surface area contributed by atoms with Crippen LogP contribution in [0, 0.1) is 12.7 Å². The lowest BCUT2D eigenvalue weighted by atomic mass is 9.98. The van der Waals surface area contributed by atoms with E-state index in [0.717, 1.165) is 40.7 Å². The molecule has 2 nitrogen and oxygen atoms in total. The van der Waals surface area contributed by atoms with Gasteiger partial charge >= 0.3 is 0 Å². The standard InChI is InChI=1S/C17H20BrFN2/c1-3-8-20-17(16-7-5-14(18)11-21-16)10-13-4-6-15(19)9-12(13)2/h4-7,9,11,17,20H,3,8,10H2,1-2H3. The number of halogens is 2. The Morgan fingerprint density at radius 3 is 2.71 bits per heavy atom. The third-order valence-corrected chi connectivity index (χ3v) is 3.95. The maximum Gasteiger partial charge on any atom is 0.123 e. The maximum absolute atomic E-state index is 13.2. The second-order valence-corrected chi connectivity index (χ2v) is 6.10. The molecule has 2 aromatic rings. The van der Waals surface area contributed by atoms with E-state index < -0.39 is 0 Å². The molecule has 0 fully saturated rings. The van der Waals surface area contributed by atoms with Crippen molar-refractivity contribution in [2.24, 2.45) is 0 Å². The van der Waals surface area contributed by atoms with E-state index in [0.29, 0.717) is 0 Å². The molecule has 1 unspecified atom stereocenters. The van der Waals surface area contributed by atoms with Gasteiger partial charge in [0.15, 0.2) is 0 Å². The predicted molar refractivity (Wildman–Crippen MR) is 87.8 cm³/mol. The topological polar surface area (TPSA) is 24.9 Å². The zero-order valence-corrected chi connectivity index (χ0v) is 14.0. The van der Waals surface area contributed by atoms with Crippen molar-refractivity contribution < 1.29 is 4.39 Å². The molecule has 0 saturated carbocycles. The highest BCUT2D eigenvalue weighted by Gasteiger charge is 2.14. The van der Waals surface area contributed by atoms with Crippen molar-refractivity contribution in [1.82, 2.24) is 10.3 Å². The molecular weight excluding hydrogens is 331 g/mol. The summed E-state index contributed by atoms with van der Waals surface area (Å²) in [6.07, 6.45) is 3.68. The number of benzene rings is 1. The van der Waals surface area contributed by atoms with Crippen LogP contribution < -0.4 is 5.32 Å². The zero-order valence-electron chi connectivity index (χ0n) is 12.4. The Balaban J connectivity index is 2.21. The Kier molecular flexibility index (Phi) is 5.88. The molecule has 1 aromatic carbocycles. The van der Waals surface area contributed by atoms with Gasteiger partial charge in [0.1, 0.15) is 5.82 Å². The van der Waals surface area contributed by atoms with E-state index in [1.807, 2.05) is 31.3 Å². The van der Waals surface area contributed by atoms with Crippen LogP contribution in [0.2, 0.25) is 0 Å². The average Bonchev–Trinajstić information content (AvgIpc) is 2.46. The van der Waals surface area contributed by atoms with Crippen LogP contribution >= 0.6 is 15.9 Å². The van der Waals surface area contributed by atoms with Crippen LogP contribution in [0.5, 0.6) is 0 Å². The fourth-order valence-corrected chi connectivity index (χ4v) is 2.54. The summed E-state index contributed by atoms with van der Waals surface area (Å²) in [5, 5.41) is 3.52. The van der Waals surface area contributed by atoms with Gasteiger partial charge in [0, 0.05) is 10.7 Å². The first-order valence-corrected chi connectivity index (χ1v) is 7.99. The number of hydrogen-bond donors (Lipinski definition) is 1. The molecule has 21 heavy (non-hydrogen) atoms. The minimum Gasteiger partial charge on any atom is -0.308 e. The van der Waals surface area contributed by atoms with Crippen LogP contribution in [0.1, 0.15) is 36.2 Å². The monoisotopic (exact) mass is 350 g/mol. The van der Waals surface area contributed by atoms with E-state index in [4.69, 9.17) is 0 Å². The Bertz CT molecular complexity index is 584. The van der Waals surface area contributed by atoms with E-state index in [2.05, 4.69) is 33.2 Å². The third kappa shape index (κ3) is 4.61. The van der Waals surface area contributed by atoms with E-state index >= 15 is 0 Å². The lowest BCUT2D eigenvalue weighted by Gasteiger charge is -2.19. The fraction of sp³-hybridized carbons (Fsp3) is 0.353. The van der Waals surface area contributed by atoms with Crippen LogP contribution in [0.15, 0.2) is 41.0 Å². The van der Waals surface area contributed by atoms with Gasteiger partial charge in [0.25, 0.3) is 0 Å². The Morgan fingerprint density at radius 2 is 2.10 bits per heavy atom. The average molecular weight is 351 g/mol. The SMILES string of the molecule is CCCNC(Cc1ccc(F)cc1C)c1ccc(Br)cn1. The molecule has 0 bridgehead atoms. The number of nitrogens with zero attached hydrogens (tertiary/aromatic N) is 1. The smallest absolute Gasteiger partial charge is 0.123 e. The Morgan fingerprint density at radius 1 is 1.29 bits per heavy atom. The van der Waals surface area contributed by atoms with Gasteiger partial charge in [0.05, 0.1) is 11.7 Å². The van der Waals surface area contributed by atoms with Crippen molar-refractivity contribution in [3.63, 3.8) is 0 Å². The largest absolute Gasteiger partial charge is 0.308 e. The van der Waals surface area contributed by atoms with Crippen LogP contribution in [0.25, 0.3) is 0 Å². The number of aromatic nitrogens is 1. The number of aryl methyl sites for hydroxylation is 1. The van der Waals surface area contributed by atoms with E-state index in [-0.39, 0.29) is 11.9 Å². The van der Waals surface area contributed by atoms with Gasteiger partial charge in [-0.1, -0.05) is 13.0 Å². The molecule has 1 aromatic heterocycles. The number of rotatable bonds is 6. The first kappa shape index (κ1) is 16.1. The van der Waals surface area contributed by atoms with Crippen LogP contribution in [-0.2, 0) is 6.42 Å². The van der Waals surface area contributed by atoms with Gasteiger partial charge in [-0.3, -0.25) is 4.98 Å². The summed E-state index contributed by atoms with van der Waals surface area (Å²) < 4.78 is 14.2. The van der Waals surface area contributed by atoms with E-state index in [1.54, 1.807) is 6.07 Å². The molecule has 1 atom stereocenters. The molecule has 1 N–H and O–H groups in total.